The summed E-state index contributed by atoms with van der Waals surface area (Å²) in [6.07, 6.45) is 3.77. The van der Waals surface area contributed by atoms with Crippen LogP contribution < -0.4 is 19.9 Å². The predicted molar refractivity (Wildman–Crippen MR) is 88.2 cm³/mol. The fourth-order valence-electron chi connectivity index (χ4n) is 3.12. The molecule has 5 nitrogen and oxygen atoms in total. The highest BCUT2D eigenvalue weighted by molar-refractivity contribution is 5.85. The molecule has 22 heavy (non-hydrogen) atoms. The topological polar surface area (TPSA) is 73.9 Å². The number of rotatable bonds is 6. The average Bonchev–Trinajstić information content (AvgIpc) is 3.06. The van der Waals surface area contributed by atoms with Gasteiger partial charge in [0, 0.05) is 12.1 Å². The minimum atomic E-state index is -0.594. The second kappa shape index (κ2) is 8.46. The molecular formula is C16H26ClNO4. The normalized spacial score (nSPS) is 17.5. The number of hydrogen-bond donors (Lipinski definition) is 2. The average molecular weight is 332 g/mol. The summed E-state index contributed by atoms with van der Waals surface area (Å²) < 4.78 is 16.1. The molecule has 1 aromatic rings. The van der Waals surface area contributed by atoms with Crippen LogP contribution in [0, 0.1) is 5.92 Å². The van der Waals surface area contributed by atoms with Crippen molar-refractivity contribution >= 4 is 12.4 Å². The van der Waals surface area contributed by atoms with Gasteiger partial charge in [-0.2, -0.15) is 0 Å². The Morgan fingerprint density at radius 2 is 1.55 bits per heavy atom. The van der Waals surface area contributed by atoms with E-state index in [1.807, 2.05) is 0 Å². The molecule has 1 aromatic carbocycles. The van der Waals surface area contributed by atoms with Gasteiger partial charge in [0.2, 0.25) is 0 Å². The molecule has 0 spiro atoms. The molecule has 0 radical (unpaired) electrons. The van der Waals surface area contributed by atoms with E-state index in [-0.39, 0.29) is 18.3 Å². The van der Waals surface area contributed by atoms with E-state index in [1.165, 1.54) is 0 Å². The van der Waals surface area contributed by atoms with Gasteiger partial charge in [0.1, 0.15) is 17.2 Å². The van der Waals surface area contributed by atoms with Gasteiger partial charge in [-0.3, -0.25) is 0 Å². The molecule has 0 heterocycles. The van der Waals surface area contributed by atoms with Crippen LogP contribution in [0.25, 0.3) is 0 Å². The molecule has 1 aliphatic carbocycles. The van der Waals surface area contributed by atoms with E-state index in [0.717, 1.165) is 25.7 Å². The first-order valence-electron chi connectivity index (χ1n) is 7.36. The zero-order chi connectivity index (χ0) is 15.4. The number of ether oxygens (including phenoxy) is 3. The fraction of sp³-hybridized carbons (Fsp3) is 0.625. The highest BCUT2D eigenvalue weighted by Gasteiger charge is 2.32. The molecule has 1 fully saturated rings. The summed E-state index contributed by atoms with van der Waals surface area (Å²) >= 11 is 0. The van der Waals surface area contributed by atoms with Crippen molar-refractivity contribution in [2.24, 2.45) is 11.7 Å². The number of aliphatic hydroxyl groups excluding tert-OH is 1. The largest absolute Gasteiger partial charge is 0.496 e. The van der Waals surface area contributed by atoms with Crippen LogP contribution in [0.3, 0.4) is 0 Å². The van der Waals surface area contributed by atoms with Gasteiger partial charge < -0.3 is 25.1 Å². The van der Waals surface area contributed by atoms with Crippen molar-refractivity contribution in [1.29, 1.82) is 0 Å². The lowest BCUT2D eigenvalue weighted by atomic mass is 9.90. The lowest BCUT2D eigenvalue weighted by Gasteiger charge is -2.27. The third-order valence-corrected chi connectivity index (χ3v) is 4.34. The van der Waals surface area contributed by atoms with E-state index in [4.69, 9.17) is 19.9 Å². The van der Waals surface area contributed by atoms with E-state index >= 15 is 0 Å². The van der Waals surface area contributed by atoms with E-state index in [0.29, 0.717) is 22.8 Å². The first-order valence-corrected chi connectivity index (χ1v) is 7.36. The van der Waals surface area contributed by atoms with Gasteiger partial charge in [-0.15, -0.1) is 12.4 Å². The van der Waals surface area contributed by atoms with Gasteiger partial charge in [0.15, 0.2) is 0 Å². The summed E-state index contributed by atoms with van der Waals surface area (Å²) in [5.41, 5.74) is 7.01. The van der Waals surface area contributed by atoms with Gasteiger partial charge >= 0.3 is 0 Å². The van der Waals surface area contributed by atoms with Crippen LogP contribution in [-0.2, 0) is 0 Å². The van der Waals surface area contributed by atoms with Gasteiger partial charge in [0.05, 0.1) is 39.0 Å². The minimum absolute atomic E-state index is 0. The van der Waals surface area contributed by atoms with E-state index in [1.54, 1.807) is 33.5 Å². The van der Waals surface area contributed by atoms with Gasteiger partial charge in [0.25, 0.3) is 0 Å². The Hall–Kier alpha value is -1.17. The maximum absolute atomic E-state index is 10.6. The molecule has 0 saturated heterocycles. The summed E-state index contributed by atoms with van der Waals surface area (Å²) in [6.45, 7) is 0. The van der Waals surface area contributed by atoms with Crippen LogP contribution in [0.15, 0.2) is 12.1 Å². The van der Waals surface area contributed by atoms with Crippen molar-refractivity contribution in [3.05, 3.63) is 17.7 Å². The molecular weight excluding hydrogens is 306 g/mol. The number of methoxy groups -OCH3 is 3. The fourth-order valence-corrected chi connectivity index (χ4v) is 3.12. The molecule has 3 N–H and O–H groups in total. The maximum Gasteiger partial charge on any atom is 0.131 e. The van der Waals surface area contributed by atoms with Crippen molar-refractivity contribution < 1.29 is 19.3 Å². The highest BCUT2D eigenvalue weighted by atomic mass is 35.5. The van der Waals surface area contributed by atoms with Gasteiger partial charge in [-0.25, -0.2) is 0 Å². The number of hydrogen-bond acceptors (Lipinski definition) is 5. The summed E-state index contributed by atoms with van der Waals surface area (Å²) in [7, 11) is 4.74. The van der Waals surface area contributed by atoms with Crippen molar-refractivity contribution in [1.82, 2.24) is 0 Å². The molecule has 126 valence electrons. The molecule has 0 aliphatic heterocycles. The summed E-state index contributed by atoms with van der Waals surface area (Å²) in [4.78, 5) is 0. The standard InChI is InChI=1S/C16H25NO4.ClH/c1-19-11-8-12(20-2)14(13(9-11)21-3)15(17)16(18)10-6-4-5-7-10;/h8-10,15-16,18H,4-7,17H2,1-3H3;1H/t15-,16+;/m0./s1. The minimum Gasteiger partial charge on any atom is -0.496 e. The zero-order valence-corrected chi connectivity index (χ0v) is 14.2. The van der Waals surface area contributed by atoms with Crippen LogP contribution in [-0.4, -0.2) is 32.5 Å². The summed E-state index contributed by atoms with van der Waals surface area (Å²) in [6, 6.07) is 2.99. The van der Waals surface area contributed by atoms with Gasteiger partial charge in [-0.05, 0) is 18.8 Å². The van der Waals surface area contributed by atoms with Gasteiger partial charge in [-0.1, -0.05) is 12.8 Å². The van der Waals surface area contributed by atoms with E-state index < -0.39 is 12.1 Å². The molecule has 0 amide bonds. The Bertz CT molecular complexity index is 452. The Kier molecular flexibility index (Phi) is 7.26. The number of nitrogens with two attached hydrogens (primary N) is 1. The summed E-state index contributed by atoms with van der Waals surface area (Å²) in [5, 5.41) is 10.6. The predicted octanol–water partition coefficient (Wildman–Crippen LogP) is 2.69. The monoisotopic (exact) mass is 331 g/mol. The Morgan fingerprint density at radius 1 is 1.05 bits per heavy atom. The molecule has 0 bridgehead atoms. The Morgan fingerprint density at radius 3 is 1.95 bits per heavy atom. The third kappa shape index (κ3) is 3.77. The Balaban J connectivity index is 0.00000242. The molecule has 1 saturated carbocycles. The van der Waals surface area contributed by atoms with Crippen molar-refractivity contribution in [3.8, 4) is 17.2 Å². The molecule has 0 unspecified atom stereocenters. The highest BCUT2D eigenvalue weighted by Crippen LogP contribution is 2.41. The second-order valence-electron chi connectivity index (χ2n) is 5.51. The van der Waals surface area contributed by atoms with Crippen LogP contribution >= 0.6 is 12.4 Å². The first kappa shape index (κ1) is 18.9. The maximum atomic E-state index is 10.6. The third-order valence-electron chi connectivity index (χ3n) is 4.34. The van der Waals surface area contributed by atoms with Crippen molar-refractivity contribution in [2.75, 3.05) is 21.3 Å². The van der Waals surface area contributed by atoms with Crippen molar-refractivity contribution in [2.45, 2.75) is 37.8 Å². The van der Waals surface area contributed by atoms with E-state index in [2.05, 4.69) is 0 Å². The van der Waals surface area contributed by atoms with Crippen LogP contribution in [0.2, 0.25) is 0 Å². The zero-order valence-electron chi connectivity index (χ0n) is 13.4. The second-order valence-corrected chi connectivity index (χ2v) is 5.51. The number of benzene rings is 1. The quantitative estimate of drug-likeness (QED) is 0.838. The van der Waals surface area contributed by atoms with E-state index in [9.17, 15) is 5.11 Å². The summed E-state index contributed by atoms with van der Waals surface area (Å²) in [5.74, 6) is 2.04. The molecule has 0 aromatic heterocycles. The molecule has 2 rings (SSSR count). The number of aliphatic hydroxyl groups is 1. The number of halogens is 1. The smallest absolute Gasteiger partial charge is 0.131 e. The SMILES string of the molecule is COc1cc(OC)c([C@H](N)[C@H](O)C2CCCC2)c(OC)c1.Cl. The molecule has 2 atom stereocenters. The Labute approximate surface area is 138 Å². The van der Waals surface area contributed by atoms with Crippen LogP contribution in [0.4, 0.5) is 0 Å². The first-order chi connectivity index (χ1) is 10.1. The van der Waals surface area contributed by atoms with Crippen molar-refractivity contribution in [3.63, 3.8) is 0 Å². The molecule has 1 aliphatic rings. The lowest BCUT2D eigenvalue weighted by molar-refractivity contribution is 0.0826. The van der Waals surface area contributed by atoms with Crippen LogP contribution in [0.5, 0.6) is 17.2 Å². The lowest BCUT2D eigenvalue weighted by Crippen LogP contribution is -2.32. The van der Waals surface area contributed by atoms with Crippen LogP contribution in [0.1, 0.15) is 37.3 Å². The molecule has 6 heteroatoms.